The van der Waals surface area contributed by atoms with E-state index in [9.17, 15) is 5.11 Å². The van der Waals surface area contributed by atoms with Crippen LogP contribution in [0.2, 0.25) is 0 Å². The number of benzene rings is 1. The molecule has 3 heteroatoms. The Morgan fingerprint density at radius 1 is 1.39 bits per heavy atom. The highest BCUT2D eigenvalue weighted by Gasteiger charge is 2.40. The maximum Gasteiger partial charge on any atom is 0.0615 e. The molecule has 2 rings (SSSR count). The minimum Gasteiger partial charge on any atom is -0.394 e. The fraction of sp³-hybridized carbons (Fsp3) is 0.600. The smallest absolute Gasteiger partial charge is 0.0615 e. The lowest BCUT2D eigenvalue weighted by molar-refractivity contribution is 0.130. The van der Waals surface area contributed by atoms with Crippen molar-refractivity contribution in [1.82, 2.24) is 5.32 Å². The molecule has 1 aliphatic carbocycles. The number of hydrogen-bond acceptors (Lipinski definition) is 3. The molecule has 1 aromatic rings. The van der Waals surface area contributed by atoms with Crippen molar-refractivity contribution in [1.29, 1.82) is 0 Å². The fourth-order valence-electron chi connectivity index (χ4n) is 3.02. The molecular formula is C15H23NOS. The van der Waals surface area contributed by atoms with Crippen molar-refractivity contribution in [3.05, 3.63) is 30.3 Å². The maximum atomic E-state index is 9.63. The molecule has 0 radical (unpaired) electrons. The van der Waals surface area contributed by atoms with Crippen LogP contribution in [0.1, 0.15) is 25.7 Å². The predicted molar refractivity (Wildman–Crippen MR) is 78.0 cm³/mol. The Morgan fingerprint density at radius 3 is 2.83 bits per heavy atom. The van der Waals surface area contributed by atoms with Gasteiger partial charge in [0.15, 0.2) is 0 Å². The van der Waals surface area contributed by atoms with Crippen LogP contribution in [-0.2, 0) is 0 Å². The number of aliphatic hydroxyl groups excluding tert-OH is 1. The molecule has 2 nitrogen and oxygen atoms in total. The highest BCUT2D eigenvalue weighted by Crippen LogP contribution is 2.38. The summed E-state index contributed by atoms with van der Waals surface area (Å²) in [6.07, 6.45) is 4.78. The molecule has 0 saturated heterocycles. The normalized spacial score (nSPS) is 27.6. The molecule has 0 bridgehead atoms. The van der Waals surface area contributed by atoms with Gasteiger partial charge in [-0.05, 0) is 50.1 Å². The molecule has 0 amide bonds. The van der Waals surface area contributed by atoms with E-state index in [2.05, 4.69) is 35.6 Å². The zero-order valence-corrected chi connectivity index (χ0v) is 11.9. The maximum absolute atomic E-state index is 9.63. The van der Waals surface area contributed by atoms with Crippen molar-refractivity contribution in [3.8, 4) is 0 Å². The minimum absolute atomic E-state index is 0.0166. The number of likely N-dealkylation sites (N-methyl/N-ethyl adjacent to an activating group) is 1. The van der Waals surface area contributed by atoms with Gasteiger partial charge >= 0.3 is 0 Å². The van der Waals surface area contributed by atoms with Gasteiger partial charge in [-0.2, -0.15) is 0 Å². The highest BCUT2D eigenvalue weighted by molar-refractivity contribution is 7.99. The van der Waals surface area contributed by atoms with Gasteiger partial charge in [-0.15, -0.1) is 11.8 Å². The van der Waals surface area contributed by atoms with Crippen LogP contribution < -0.4 is 5.32 Å². The molecule has 18 heavy (non-hydrogen) atoms. The van der Waals surface area contributed by atoms with Crippen LogP contribution in [0.5, 0.6) is 0 Å². The van der Waals surface area contributed by atoms with Crippen molar-refractivity contribution < 1.29 is 5.11 Å². The Balaban J connectivity index is 1.83. The molecule has 0 spiro atoms. The lowest BCUT2D eigenvalue weighted by Crippen LogP contribution is -2.49. The lowest BCUT2D eigenvalue weighted by atomic mass is 9.86. The van der Waals surface area contributed by atoms with Gasteiger partial charge in [0, 0.05) is 10.4 Å². The van der Waals surface area contributed by atoms with Crippen molar-refractivity contribution in [3.63, 3.8) is 0 Å². The van der Waals surface area contributed by atoms with E-state index < -0.39 is 0 Å². The van der Waals surface area contributed by atoms with Gasteiger partial charge in [0.25, 0.3) is 0 Å². The van der Waals surface area contributed by atoms with E-state index in [0.29, 0.717) is 5.92 Å². The first-order valence-electron chi connectivity index (χ1n) is 6.78. The molecule has 0 heterocycles. The van der Waals surface area contributed by atoms with Crippen LogP contribution in [0, 0.1) is 5.92 Å². The zero-order chi connectivity index (χ0) is 12.8. The Kier molecular flexibility index (Phi) is 5.10. The fourth-order valence-corrected chi connectivity index (χ4v) is 4.00. The van der Waals surface area contributed by atoms with Gasteiger partial charge < -0.3 is 10.4 Å². The molecule has 1 aliphatic rings. The summed E-state index contributed by atoms with van der Waals surface area (Å²) in [7, 11) is 1.98. The summed E-state index contributed by atoms with van der Waals surface area (Å²) in [6.45, 7) is 0.268. The monoisotopic (exact) mass is 265 g/mol. The molecule has 1 aromatic carbocycles. The predicted octanol–water partition coefficient (Wildman–Crippen LogP) is 2.92. The Labute approximate surface area is 114 Å². The number of thioether (sulfide) groups is 1. The second-order valence-electron chi connectivity index (χ2n) is 5.10. The third kappa shape index (κ3) is 3.08. The summed E-state index contributed by atoms with van der Waals surface area (Å²) in [5, 5.41) is 13.0. The SMILES string of the molecule is CNC1(CO)CCCC1CCSc1ccccc1. The molecule has 2 atom stereocenters. The van der Waals surface area contributed by atoms with Crippen LogP contribution in [0.15, 0.2) is 35.2 Å². The van der Waals surface area contributed by atoms with Crippen molar-refractivity contribution >= 4 is 11.8 Å². The average Bonchev–Trinajstić information content (AvgIpc) is 2.84. The summed E-state index contributed by atoms with van der Waals surface area (Å²) < 4.78 is 0. The third-order valence-corrected chi connectivity index (χ3v) is 5.26. The van der Waals surface area contributed by atoms with Crippen molar-refractivity contribution in [2.24, 2.45) is 5.92 Å². The van der Waals surface area contributed by atoms with E-state index in [4.69, 9.17) is 0 Å². The molecule has 1 saturated carbocycles. The third-order valence-electron chi connectivity index (χ3n) is 4.22. The van der Waals surface area contributed by atoms with Crippen molar-refractivity contribution in [2.45, 2.75) is 36.1 Å². The summed E-state index contributed by atoms with van der Waals surface area (Å²) in [6, 6.07) is 10.6. The number of rotatable bonds is 6. The Morgan fingerprint density at radius 2 is 2.17 bits per heavy atom. The van der Waals surface area contributed by atoms with Gasteiger partial charge in [-0.25, -0.2) is 0 Å². The largest absolute Gasteiger partial charge is 0.394 e. The summed E-state index contributed by atoms with van der Waals surface area (Å²) in [5.41, 5.74) is -0.0166. The van der Waals surface area contributed by atoms with Gasteiger partial charge in [-0.3, -0.25) is 0 Å². The van der Waals surface area contributed by atoms with Crippen LogP contribution >= 0.6 is 11.8 Å². The minimum atomic E-state index is -0.0166. The number of hydrogen-bond donors (Lipinski definition) is 2. The molecule has 0 aliphatic heterocycles. The van der Waals surface area contributed by atoms with Crippen LogP contribution in [0.3, 0.4) is 0 Å². The van der Waals surface area contributed by atoms with Gasteiger partial charge in [-0.1, -0.05) is 24.6 Å². The summed E-state index contributed by atoms with van der Waals surface area (Å²) >= 11 is 1.92. The average molecular weight is 265 g/mol. The van der Waals surface area contributed by atoms with E-state index in [1.165, 1.54) is 24.2 Å². The lowest BCUT2D eigenvalue weighted by Gasteiger charge is -2.33. The van der Waals surface area contributed by atoms with Crippen molar-refractivity contribution in [2.75, 3.05) is 19.4 Å². The van der Waals surface area contributed by atoms with Crippen LogP contribution in [0.25, 0.3) is 0 Å². The molecule has 100 valence electrons. The molecule has 2 N–H and O–H groups in total. The Hall–Kier alpha value is -0.510. The number of aliphatic hydroxyl groups is 1. The molecule has 2 unspecified atom stereocenters. The second kappa shape index (κ2) is 6.60. The summed E-state index contributed by atoms with van der Waals surface area (Å²) in [4.78, 5) is 1.34. The van der Waals surface area contributed by atoms with Crippen LogP contribution in [0.4, 0.5) is 0 Å². The van der Waals surface area contributed by atoms with E-state index in [1.807, 2.05) is 18.8 Å². The van der Waals surface area contributed by atoms with Crippen LogP contribution in [-0.4, -0.2) is 30.1 Å². The standard InChI is InChI=1S/C15H23NOS/c1-16-15(12-17)10-5-6-13(15)9-11-18-14-7-3-2-4-8-14/h2-4,7-8,13,16-17H,5-6,9-12H2,1H3. The zero-order valence-electron chi connectivity index (χ0n) is 11.1. The molecular weight excluding hydrogens is 242 g/mol. The first kappa shape index (κ1) is 13.9. The quantitative estimate of drug-likeness (QED) is 0.776. The second-order valence-corrected chi connectivity index (χ2v) is 6.27. The van der Waals surface area contributed by atoms with E-state index >= 15 is 0 Å². The first-order chi connectivity index (χ1) is 8.80. The highest BCUT2D eigenvalue weighted by atomic mass is 32.2. The van der Waals surface area contributed by atoms with Gasteiger partial charge in [0.1, 0.15) is 0 Å². The molecule has 0 aromatic heterocycles. The topological polar surface area (TPSA) is 32.3 Å². The van der Waals surface area contributed by atoms with E-state index in [0.717, 1.165) is 12.2 Å². The Bertz CT molecular complexity index is 351. The van der Waals surface area contributed by atoms with Gasteiger partial charge in [0.2, 0.25) is 0 Å². The van der Waals surface area contributed by atoms with Gasteiger partial charge in [0.05, 0.1) is 6.61 Å². The molecule has 1 fully saturated rings. The number of nitrogens with one attached hydrogen (secondary N) is 1. The first-order valence-corrected chi connectivity index (χ1v) is 7.77. The van der Waals surface area contributed by atoms with E-state index in [-0.39, 0.29) is 12.1 Å². The summed E-state index contributed by atoms with van der Waals surface area (Å²) in [5.74, 6) is 1.75. The van der Waals surface area contributed by atoms with E-state index in [1.54, 1.807) is 0 Å².